The number of fused-ring (bicyclic) bond motifs is 1. The molecule has 2 aromatic carbocycles. The molecule has 0 aliphatic carbocycles. The molecule has 0 unspecified atom stereocenters. The molecule has 1 aromatic heterocycles. The molecule has 0 bridgehead atoms. The Morgan fingerprint density at radius 1 is 1.08 bits per heavy atom. The molecule has 0 fully saturated rings. The molecule has 0 aliphatic rings. The van der Waals surface area contributed by atoms with Gasteiger partial charge in [-0.25, -0.2) is 4.39 Å². The SMILES string of the molecule is COc1c(C)cc(CN(C)Cc2ccc(F)c3cccnc23)cc1C. The Hall–Kier alpha value is -2.46. The first-order valence-electron chi connectivity index (χ1n) is 8.34. The minimum atomic E-state index is -0.226. The summed E-state index contributed by atoms with van der Waals surface area (Å²) in [5.74, 6) is 0.719. The van der Waals surface area contributed by atoms with Crippen molar-refractivity contribution >= 4 is 10.9 Å². The maximum Gasteiger partial charge on any atom is 0.132 e. The summed E-state index contributed by atoms with van der Waals surface area (Å²) >= 11 is 0. The highest BCUT2D eigenvalue weighted by molar-refractivity contribution is 5.82. The van der Waals surface area contributed by atoms with Crippen molar-refractivity contribution in [3.8, 4) is 5.75 Å². The molecule has 4 heteroatoms. The first kappa shape index (κ1) is 17.4. The van der Waals surface area contributed by atoms with E-state index in [-0.39, 0.29) is 5.82 Å². The molecule has 0 saturated carbocycles. The zero-order valence-corrected chi connectivity index (χ0v) is 15.1. The number of nitrogens with zero attached hydrogens (tertiary/aromatic N) is 2. The van der Waals surface area contributed by atoms with Crippen molar-refractivity contribution in [3.63, 3.8) is 0 Å². The minimum Gasteiger partial charge on any atom is -0.496 e. The van der Waals surface area contributed by atoms with Gasteiger partial charge in [-0.15, -0.1) is 0 Å². The van der Waals surface area contributed by atoms with E-state index in [2.05, 4.69) is 42.9 Å². The lowest BCUT2D eigenvalue weighted by Crippen LogP contribution is -2.18. The summed E-state index contributed by atoms with van der Waals surface area (Å²) in [5.41, 5.74) is 5.27. The third-order valence-electron chi connectivity index (χ3n) is 4.42. The largest absolute Gasteiger partial charge is 0.496 e. The number of rotatable bonds is 5. The summed E-state index contributed by atoms with van der Waals surface area (Å²) in [7, 11) is 3.76. The van der Waals surface area contributed by atoms with E-state index >= 15 is 0 Å². The van der Waals surface area contributed by atoms with Crippen LogP contribution in [0.5, 0.6) is 5.75 Å². The van der Waals surface area contributed by atoms with E-state index in [4.69, 9.17) is 4.74 Å². The van der Waals surface area contributed by atoms with Gasteiger partial charge < -0.3 is 4.74 Å². The third-order valence-corrected chi connectivity index (χ3v) is 4.42. The Kier molecular flexibility index (Phi) is 5.00. The summed E-state index contributed by atoms with van der Waals surface area (Å²) in [6.45, 7) is 5.63. The van der Waals surface area contributed by atoms with E-state index < -0.39 is 0 Å². The van der Waals surface area contributed by atoms with Crippen LogP contribution in [0.4, 0.5) is 4.39 Å². The number of ether oxygens (including phenoxy) is 1. The van der Waals surface area contributed by atoms with Gasteiger partial charge in [-0.1, -0.05) is 18.2 Å². The smallest absolute Gasteiger partial charge is 0.132 e. The van der Waals surface area contributed by atoms with Crippen LogP contribution < -0.4 is 4.74 Å². The fourth-order valence-corrected chi connectivity index (χ4v) is 3.44. The van der Waals surface area contributed by atoms with Crippen molar-refractivity contribution < 1.29 is 9.13 Å². The van der Waals surface area contributed by atoms with Crippen molar-refractivity contribution in [2.24, 2.45) is 0 Å². The van der Waals surface area contributed by atoms with Crippen LogP contribution in [-0.2, 0) is 13.1 Å². The molecule has 0 spiro atoms. The minimum absolute atomic E-state index is 0.226. The van der Waals surface area contributed by atoms with Gasteiger partial charge >= 0.3 is 0 Å². The number of methoxy groups -OCH3 is 1. The van der Waals surface area contributed by atoms with Crippen molar-refractivity contribution in [2.75, 3.05) is 14.2 Å². The predicted molar refractivity (Wildman–Crippen MR) is 99.3 cm³/mol. The zero-order valence-electron chi connectivity index (χ0n) is 15.1. The van der Waals surface area contributed by atoms with Gasteiger partial charge in [-0.2, -0.15) is 0 Å². The average Bonchev–Trinajstić information content (AvgIpc) is 2.57. The van der Waals surface area contributed by atoms with E-state index in [1.54, 1.807) is 25.4 Å². The van der Waals surface area contributed by atoms with Crippen LogP contribution in [0.2, 0.25) is 0 Å². The number of pyridine rings is 1. The molecule has 0 radical (unpaired) electrons. The monoisotopic (exact) mass is 338 g/mol. The second-order valence-corrected chi connectivity index (χ2v) is 6.54. The van der Waals surface area contributed by atoms with E-state index in [1.807, 2.05) is 6.07 Å². The number of benzene rings is 2. The van der Waals surface area contributed by atoms with Gasteiger partial charge in [0.15, 0.2) is 0 Å². The highest BCUT2D eigenvalue weighted by Gasteiger charge is 2.11. The van der Waals surface area contributed by atoms with Crippen LogP contribution in [0.3, 0.4) is 0 Å². The molecule has 130 valence electrons. The standard InChI is InChI=1S/C21H23FN2O/c1-14-10-16(11-15(2)21(14)25-4)12-24(3)13-17-7-8-19(22)18-6-5-9-23-20(17)18/h5-11H,12-13H2,1-4H3. The fourth-order valence-electron chi connectivity index (χ4n) is 3.44. The van der Waals surface area contributed by atoms with Crippen molar-refractivity contribution in [2.45, 2.75) is 26.9 Å². The first-order valence-corrected chi connectivity index (χ1v) is 8.34. The van der Waals surface area contributed by atoms with Gasteiger partial charge in [0.05, 0.1) is 12.6 Å². The first-order chi connectivity index (χ1) is 12.0. The van der Waals surface area contributed by atoms with Gasteiger partial charge in [0, 0.05) is 24.7 Å². The average molecular weight is 338 g/mol. The summed E-state index contributed by atoms with van der Waals surface area (Å²) < 4.78 is 19.4. The molecule has 25 heavy (non-hydrogen) atoms. The van der Waals surface area contributed by atoms with Crippen molar-refractivity contribution in [1.82, 2.24) is 9.88 Å². The second-order valence-electron chi connectivity index (χ2n) is 6.54. The Bertz CT molecular complexity index is 885. The maximum absolute atomic E-state index is 13.9. The summed E-state index contributed by atoms with van der Waals surface area (Å²) in [5, 5.41) is 0.574. The van der Waals surface area contributed by atoms with Gasteiger partial charge in [0.25, 0.3) is 0 Å². The van der Waals surface area contributed by atoms with Crippen LogP contribution in [0, 0.1) is 19.7 Å². The van der Waals surface area contributed by atoms with Crippen molar-refractivity contribution in [1.29, 1.82) is 0 Å². The van der Waals surface area contributed by atoms with Crippen LogP contribution in [0.1, 0.15) is 22.3 Å². The molecular weight excluding hydrogens is 315 g/mol. The molecule has 0 N–H and O–H groups in total. The Labute approximate surface area is 148 Å². The van der Waals surface area contributed by atoms with E-state index in [0.29, 0.717) is 11.9 Å². The molecule has 0 amide bonds. The fraction of sp³-hybridized carbons (Fsp3) is 0.286. The number of hydrogen-bond donors (Lipinski definition) is 0. The normalized spacial score (nSPS) is 11.3. The maximum atomic E-state index is 13.9. The summed E-state index contributed by atoms with van der Waals surface area (Å²) in [6, 6.07) is 11.2. The molecule has 0 saturated heterocycles. The Balaban J connectivity index is 1.82. The lowest BCUT2D eigenvalue weighted by molar-refractivity contribution is 0.319. The van der Waals surface area contributed by atoms with E-state index in [9.17, 15) is 4.39 Å². The van der Waals surface area contributed by atoms with Crippen LogP contribution >= 0.6 is 0 Å². The number of aromatic nitrogens is 1. The molecule has 0 aliphatic heterocycles. The Morgan fingerprint density at radius 2 is 1.80 bits per heavy atom. The number of aryl methyl sites for hydroxylation is 2. The van der Waals surface area contributed by atoms with Gasteiger partial charge in [-0.05, 0) is 61.3 Å². The molecular formula is C21H23FN2O. The summed E-state index contributed by atoms with van der Waals surface area (Å²) in [6.07, 6.45) is 1.71. The lowest BCUT2D eigenvalue weighted by Gasteiger charge is -2.19. The topological polar surface area (TPSA) is 25.4 Å². The highest BCUT2D eigenvalue weighted by atomic mass is 19.1. The van der Waals surface area contributed by atoms with Crippen LogP contribution in [0.25, 0.3) is 10.9 Å². The highest BCUT2D eigenvalue weighted by Crippen LogP contribution is 2.26. The molecule has 0 atom stereocenters. The van der Waals surface area contributed by atoms with Gasteiger partial charge in [-0.3, -0.25) is 9.88 Å². The molecule has 3 nitrogen and oxygen atoms in total. The van der Waals surface area contributed by atoms with Gasteiger partial charge in [0.1, 0.15) is 11.6 Å². The lowest BCUT2D eigenvalue weighted by atomic mass is 10.0. The number of halogens is 1. The number of hydrogen-bond acceptors (Lipinski definition) is 3. The quantitative estimate of drug-likeness (QED) is 0.678. The third kappa shape index (κ3) is 3.64. The summed E-state index contributed by atoms with van der Waals surface area (Å²) in [4.78, 5) is 6.58. The molecule has 1 heterocycles. The molecule has 3 aromatic rings. The van der Waals surface area contributed by atoms with Crippen LogP contribution in [0.15, 0.2) is 42.6 Å². The Morgan fingerprint density at radius 3 is 2.48 bits per heavy atom. The van der Waals surface area contributed by atoms with E-state index in [0.717, 1.165) is 34.5 Å². The van der Waals surface area contributed by atoms with Crippen LogP contribution in [-0.4, -0.2) is 24.0 Å². The zero-order chi connectivity index (χ0) is 18.0. The predicted octanol–water partition coefficient (Wildman–Crippen LogP) is 4.63. The van der Waals surface area contributed by atoms with Gasteiger partial charge in [0.2, 0.25) is 0 Å². The molecule has 3 rings (SSSR count). The second kappa shape index (κ2) is 7.19. The van der Waals surface area contributed by atoms with Crippen molar-refractivity contribution in [3.05, 3.63) is 70.7 Å². The van der Waals surface area contributed by atoms with E-state index in [1.165, 1.54) is 11.6 Å².